The molecule has 5 heteroatoms. The van der Waals surface area contributed by atoms with Gasteiger partial charge in [0.1, 0.15) is 0 Å². The van der Waals surface area contributed by atoms with E-state index in [-0.39, 0.29) is 17.5 Å². The maximum absolute atomic E-state index is 11.7. The smallest absolute Gasteiger partial charge is 0.151 e. The monoisotopic (exact) mass is 248 g/mol. The Hall–Kier alpha value is -0.130. The quantitative estimate of drug-likeness (QED) is 0.775. The highest BCUT2D eigenvalue weighted by Crippen LogP contribution is 2.18. The van der Waals surface area contributed by atoms with Gasteiger partial charge in [-0.3, -0.25) is 0 Å². The van der Waals surface area contributed by atoms with Crippen LogP contribution in [0.25, 0.3) is 0 Å². The van der Waals surface area contributed by atoms with Crippen LogP contribution in [0.3, 0.4) is 0 Å². The maximum atomic E-state index is 11.7. The molecule has 1 aliphatic heterocycles. The summed E-state index contributed by atoms with van der Waals surface area (Å²) in [6.45, 7) is 2.84. The van der Waals surface area contributed by atoms with Gasteiger partial charge in [-0.2, -0.15) is 0 Å². The first-order valence-corrected chi connectivity index (χ1v) is 7.89. The van der Waals surface area contributed by atoms with Crippen molar-refractivity contribution in [1.82, 2.24) is 4.90 Å². The van der Waals surface area contributed by atoms with E-state index in [2.05, 4.69) is 11.9 Å². The van der Waals surface area contributed by atoms with Gasteiger partial charge in [0.15, 0.2) is 9.84 Å². The first-order valence-electron chi connectivity index (χ1n) is 6.07. The van der Waals surface area contributed by atoms with Crippen LogP contribution in [0, 0.1) is 0 Å². The summed E-state index contributed by atoms with van der Waals surface area (Å²) in [4.78, 5) is 2.28. The van der Waals surface area contributed by atoms with Crippen LogP contribution in [0.5, 0.6) is 0 Å². The Morgan fingerprint density at radius 2 is 2.12 bits per heavy atom. The van der Waals surface area contributed by atoms with Gasteiger partial charge in [-0.15, -0.1) is 0 Å². The zero-order chi connectivity index (χ0) is 12.2. The molecule has 0 spiro atoms. The van der Waals surface area contributed by atoms with E-state index in [9.17, 15) is 8.42 Å². The molecule has 0 radical (unpaired) electrons. The molecule has 1 fully saturated rings. The first kappa shape index (κ1) is 13.9. The van der Waals surface area contributed by atoms with Gasteiger partial charge < -0.3 is 10.6 Å². The lowest BCUT2D eigenvalue weighted by Gasteiger charge is -2.32. The van der Waals surface area contributed by atoms with Crippen LogP contribution in [0.2, 0.25) is 0 Å². The zero-order valence-electron chi connectivity index (χ0n) is 10.4. The Balaban J connectivity index is 2.38. The summed E-state index contributed by atoms with van der Waals surface area (Å²) >= 11 is 0. The number of nitrogens with two attached hydrogens (primary N) is 1. The minimum atomic E-state index is -2.96. The SMILES string of the molecule is CC(N)CS(=O)(=O)CCC1CCCCN1C. The van der Waals surface area contributed by atoms with Crippen LogP contribution in [-0.4, -0.2) is 50.5 Å². The normalized spacial score (nSPS) is 25.6. The molecule has 1 saturated heterocycles. The molecule has 0 amide bonds. The highest BCUT2D eigenvalue weighted by molar-refractivity contribution is 7.91. The molecule has 2 N–H and O–H groups in total. The van der Waals surface area contributed by atoms with Crippen molar-refractivity contribution in [3.8, 4) is 0 Å². The third kappa shape index (κ3) is 4.80. The van der Waals surface area contributed by atoms with Crippen LogP contribution < -0.4 is 5.73 Å². The van der Waals surface area contributed by atoms with Crippen molar-refractivity contribution in [3.05, 3.63) is 0 Å². The number of likely N-dealkylation sites (tertiary alicyclic amines) is 1. The second-order valence-corrected chi connectivity index (χ2v) is 7.24. The van der Waals surface area contributed by atoms with E-state index < -0.39 is 9.84 Å². The maximum Gasteiger partial charge on any atom is 0.151 e. The van der Waals surface area contributed by atoms with Gasteiger partial charge in [-0.05, 0) is 39.8 Å². The topological polar surface area (TPSA) is 63.4 Å². The Kier molecular flexibility index (Phi) is 5.21. The van der Waals surface area contributed by atoms with Crippen molar-refractivity contribution in [2.75, 3.05) is 25.1 Å². The Bertz CT molecular complexity index is 301. The Morgan fingerprint density at radius 1 is 1.44 bits per heavy atom. The van der Waals surface area contributed by atoms with Crippen LogP contribution in [0.15, 0.2) is 0 Å². The molecule has 2 atom stereocenters. The fourth-order valence-electron chi connectivity index (χ4n) is 2.31. The number of nitrogens with zero attached hydrogens (tertiary/aromatic N) is 1. The minimum absolute atomic E-state index is 0.115. The predicted octanol–water partition coefficient (Wildman–Crippen LogP) is 0.623. The van der Waals surface area contributed by atoms with Gasteiger partial charge in [-0.25, -0.2) is 8.42 Å². The Morgan fingerprint density at radius 3 is 2.69 bits per heavy atom. The third-order valence-electron chi connectivity index (χ3n) is 3.20. The van der Waals surface area contributed by atoms with Gasteiger partial charge in [0.05, 0.1) is 11.5 Å². The van der Waals surface area contributed by atoms with Crippen molar-refractivity contribution >= 4 is 9.84 Å². The van der Waals surface area contributed by atoms with Gasteiger partial charge >= 0.3 is 0 Å². The molecule has 2 unspecified atom stereocenters. The second kappa shape index (κ2) is 5.98. The highest BCUT2D eigenvalue weighted by Gasteiger charge is 2.22. The number of sulfone groups is 1. The molecule has 1 aliphatic rings. The molecular formula is C11H24N2O2S. The van der Waals surface area contributed by atoms with Gasteiger partial charge in [0.2, 0.25) is 0 Å². The summed E-state index contributed by atoms with van der Waals surface area (Å²) in [6.07, 6.45) is 4.34. The first-order chi connectivity index (χ1) is 7.41. The molecule has 0 aromatic rings. The lowest BCUT2D eigenvalue weighted by atomic mass is 10.0. The van der Waals surface area contributed by atoms with Gasteiger partial charge in [0, 0.05) is 12.1 Å². The molecule has 16 heavy (non-hydrogen) atoms. The second-order valence-electron chi connectivity index (χ2n) is 5.01. The average Bonchev–Trinajstić information content (AvgIpc) is 2.14. The van der Waals surface area contributed by atoms with Crippen molar-refractivity contribution < 1.29 is 8.42 Å². The summed E-state index contributed by atoms with van der Waals surface area (Å²) in [5.74, 6) is 0.396. The van der Waals surface area contributed by atoms with Gasteiger partial charge in [0.25, 0.3) is 0 Å². The third-order valence-corrected chi connectivity index (χ3v) is 5.09. The number of rotatable bonds is 5. The minimum Gasteiger partial charge on any atom is -0.327 e. The van der Waals surface area contributed by atoms with Crippen molar-refractivity contribution in [1.29, 1.82) is 0 Å². The van der Waals surface area contributed by atoms with E-state index in [1.165, 1.54) is 12.8 Å². The average molecular weight is 248 g/mol. The molecule has 0 bridgehead atoms. The van der Waals surface area contributed by atoms with Crippen LogP contribution in [0.4, 0.5) is 0 Å². The summed E-state index contributed by atoms with van der Waals surface area (Å²) in [5, 5.41) is 0. The van der Waals surface area contributed by atoms with Crippen molar-refractivity contribution in [2.24, 2.45) is 5.73 Å². The largest absolute Gasteiger partial charge is 0.327 e. The van der Waals surface area contributed by atoms with Crippen LogP contribution in [0.1, 0.15) is 32.6 Å². The summed E-state index contributed by atoms with van der Waals surface area (Å²) in [5.41, 5.74) is 5.52. The van der Waals surface area contributed by atoms with Gasteiger partial charge in [-0.1, -0.05) is 6.42 Å². The van der Waals surface area contributed by atoms with E-state index in [4.69, 9.17) is 5.73 Å². The Labute approximate surface area is 99.1 Å². The van der Waals surface area contributed by atoms with E-state index >= 15 is 0 Å². The molecule has 0 aliphatic carbocycles. The van der Waals surface area contributed by atoms with E-state index in [1.807, 2.05) is 0 Å². The van der Waals surface area contributed by atoms with Crippen molar-refractivity contribution in [3.63, 3.8) is 0 Å². The van der Waals surface area contributed by atoms with Crippen LogP contribution in [-0.2, 0) is 9.84 Å². The molecule has 1 rings (SSSR count). The van der Waals surface area contributed by atoms with Crippen LogP contribution >= 0.6 is 0 Å². The lowest BCUT2D eigenvalue weighted by molar-refractivity contribution is 0.181. The number of piperidine rings is 1. The molecule has 0 saturated carbocycles. The van der Waals surface area contributed by atoms with Crippen molar-refractivity contribution in [2.45, 2.75) is 44.7 Å². The molecule has 1 heterocycles. The predicted molar refractivity (Wildman–Crippen MR) is 67.2 cm³/mol. The fraction of sp³-hybridized carbons (Fsp3) is 1.00. The van der Waals surface area contributed by atoms with E-state index in [1.54, 1.807) is 6.92 Å². The summed E-state index contributed by atoms with van der Waals surface area (Å²) < 4.78 is 23.4. The van der Waals surface area contributed by atoms with E-state index in [0.29, 0.717) is 6.04 Å². The summed E-state index contributed by atoms with van der Waals surface area (Å²) in [6, 6.07) is 0.186. The highest BCUT2D eigenvalue weighted by atomic mass is 32.2. The number of hydrogen-bond acceptors (Lipinski definition) is 4. The molecule has 4 nitrogen and oxygen atoms in total. The standard InChI is InChI=1S/C11H24N2O2S/c1-10(12)9-16(14,15)8-6-11-5-3-4-7-13(11)2/h10-11H,3-9,12H2,1-2H3. The van der Waals surface area contributed by atoms with E-state index in [0.717, 1.165) is 19.4 Å². The fourth-order valence-corrected chi connectivity index (χ4v) is 3.91. The summed E-state index contributed by atoms with van der Waals surface area (Å²) in [7, 11) is -0.870. The zero-order valence-corrected chi connectivity index (χ0v) is 11.2. The molecular weight excluding hydrogens is 224 g/mol. The number of hydrogen-bond donors (Lipinski definition) is 1. The lowest BCUT2D eigenvalue weighted by Crippen LogP contribution is -2.38. The molecule has 0 aromatic carbocycles. The molecule has 0 aromatic heterocycles. The molecule has 96 valence electrons.